The molecule has 1 atom stereocenters. The van der Waals surface area contributed by atoms with Gasteiger partial charge in [-0.05, 0) is 17.6 Å². The van der Waals surface area contributed by atoms with E-state index < -0.39 is 0 Å². The van der Waals surface area contributed by atoms with Crippen molar-refractivity contribution < 1.29 is 0 Å². The van der Waals surface area contributed by atoms with Crippen molar-refractivity contribution >= 4 is 0 Å². The normalized spacial score (nSPS) is 27.6. The number of allylic oxidation sites excluding steroid dienone is 1. The molecule has 0 saturated heterocycles. The molecule has 1 rings (SSSR count). The summed E-state index contributed by atoms with van der Waals surface area (Å²) in [4.78, 5) is 0. The van der Waals surface area contributed by atoms with Crippen molar-refractivity contribution in [3.63, 3.8) is 0 Å². The Bertz CT molecular complexity index is 262. The molecule has 0 bridgehead atoms. The van der Waals surface area contributed by atoms with Gasteiger partial charge in [0.2, 0.25) is 0 Å². The Kier molecular flexibility index (Phi) is 3.70. The van der Waals surface area contributed by atoms with E-state index in [1.165, 1.54) is 24.0 Å². The van der Waals surface area contributed by atoms with Gasteiger partial charge in [-0.3, -0.25) is 0 Å². The van der Waals surface area contributed by atoms with E-state index in [2.05, 4.69) is 32.3 Å². The zero-order valence-electron chi connectivity index (χ0n) is 9.40. The fourth-order valence-electron chi connectivity index (χ4n) is 2.39. The van der Waals surface area contributed by atoms with E-state index in [0.717, 1.165) is 13.1 Å². The molecule has 0 spiro atoms. The van der Waals surface area contributed by atoms with Gasteiger partial charge < -0.3 is 5.32 Å². The van der Waals surface area contributed by atoms with Gasteiger partial charge in [0.05, 0.1) is 0 Å². The fourth-order valence-corrected chi connectivity index (χ4v) is 2.39. The van der Waals surface area contributed by atoms with E-state index in [1.807, 2.05) is 12.2 Å². The highest BCUT2D eigenvalue weighted by molar-refractivity contribution is 5.39. The zero-order chi connectivity index (χ0) is 10.6. The van der Waals surface area contributed by atoms with Gasteiger partial charge in [0.15, 0.2) is 0 Å². The number of hydrogen-bond acceptors (Lipinski definition) is 1. The van der Waals surface area contributed by atoms with E-state index in [4.69, 9.17) is 0 Å². The van der Waals surface area contributed by atoms with Gasteiger partial charge in [0.1, 0.15) is 0 Å². The second-order valence-corrected chi connectivity index (χ2v) is 4.26. The summed E-state index contributed by atoms with van der Waals surface area (Å²) in [5.74, 6) is 0. The van der Waals surface area contributed by atoms with Crippen LogP contribution in [0.1, 0.15) is 26.7 Å². The maximum absolute atomic E-state index is 3.93. The van der Waals surface area contributed by atoms with Gasteiger partial charge in [-0.2, -0.15) is 0 Å². The first-order valence-electron chi connectivity index (χ1n) is 5.37. The van der Waals surface area contributed by atoms with E-state index in [0.29, 0.717) is 0 Å². The van der Waals surface area contributed by atoms with Crippen molar-refractivity contribution in [2.75, 3.05) is 13.1 Å². The molecule has 1 heterocycles. The van der Waals surface area contributed by atoms with Gasteiger partial charge in [0, 0.05) is 18.5 Å². The molecule has 1 aliphatic heterocycles. The standard InChI is InChI=1S/C13H21N/c1-5-8-13(4)10-14-9-11(6-2)12(13)7-3/h6-7,14H,2-3,5,8-10H2,1,4H3. The molecule has 0 saturated carbocycles. The Hall–Kier alpha value is -0.820. The average Bonchev–Trinajstić information content (AvgIpc) is 2.17. The van der Waals surface area contributed by atoms with Gasteiger partial charge in [-0.15, -0.1) is 0 Å². The summed E-state index contributed by atoms with van der Waals surface area (Å²) < 4.78 is 0. The summed E-state index contributed by atoms with van der Waals surface area (Å²) in [5, 5.41) is 3.45. The zero-order valence-corrected chi connectivity index (χ0v) is 9.40. The van der Waals surface area contributed by atoms with Crippen LogP contribution in [-0.2, 0) is 0 Å². The molecule has 1 aliphatic rings. The van der Waals surface area contributed by atoms with Crippen LogP contribution in [0, 0.1) is 5.41 Å². The fraction of sp³-hybridized carbons (Fsp3) is 0.538. The molecule has 1 unspecified atom stereocenters. The lowest BCUT2D eigenvalue weighted by Gasteiger charge is -2.37. The Morgan fingerprint density at radius 1 is 1.43 bits per heavy atom. The minimum atomic E-state index is 0.248. The topological polar surface area (TPSA) is 12.0 Å². The maximum atomic E-state index is 3.93. The first-order valence-corrected chi connectivity index (χ1v) is 5.37. The van der Waals surface area contributed by atoms with Gasteiger partial charge in [-0.25, -0.2) is 0 Å². The molecule has 0 amide bonds. The molecule has 1 nitrogen and oxygen atoms in total. The van der Waals surface area contributed by atoms with Crippen molar-refractivity contribution in [1.82, 2.24) is 5.32 Å². The van der Waals surface area contributed by atoms with E-state index in [1.54, 1.807) is 0 Å². The van der Waals surface area contributed by atoms with E-state index in [9.17, 15) is 0 Å². The minimum Gasteiger partial charge on any atom is -0.312 e. The Morgan fingerprint density at radius 3 is 2.64 bits per heavy atom. The van der Waals surface area contributed by atoms with Crippen molar-refractivity contribution in [2.45, 2.75) is 26.7 Å². The summed E-state index contributed by atoms with van der Waals surface area (Å²) in [7, 11) is 0. The number of rotatable bonds is 4. The minimum absolute atomic E-state index is 0.248. The molecule has 0 fully saturated rings. The number of hydrogen-bond donors (Lipinski definition) is 1. The lowest BCUT2D eigenvalue weighted by Crippen LogP contribution is -2.39. The summed E-state index contributed by atoms with van der Waals surface area (Å²) in [6.45, 7) is 14.3. The van der Waals surface area contributed by atoms with E-state index >= 15 is 0 Å². The van der Waals surface area contributed by atoms with Crippen LogP contribution < -0.4 is 5.32 Å². The maximum Gasteiger partial charge on any atom is 0.0208 e. The lowest BCUT2D eigenvalue weighted by molar-refractivity contribution is 0.332. The summed E-state index contributed by atoms with van der Waals surface area (Å²) in [5.41, 5.74) is 2.94. The first-order chi connectivity index (χ1) is 6.68. The second-order valence-electron chi connectivity index (χ2n) is 4.26. The third kappa shape index (κ3) is 1.98. The predicted octanol–water partition coefficient (Wildman–Crippen LogP) is 3.06. The summed E-state index contributed by atoms with van der Waals surface area (Å²) >= 11 is 0. The number of nitrogens with one attached hydrogen (secondary N) is 1. The molecule has 0 aromatic rings. The van der Waals surface area contributed by atoms with Gasteiger partial charge in [0.25, 0.3) is 0 Å². The van der Waals surface area contributed by atoms with Crippen LogP contribution >= 0.6 is 0 Å². The molecule has 1 N–H and O–H groups in total. The third-order valence-corrected chi connectivity index (χ3v) is 3.08. The average molecular weight is 191 g/mol. The Balaban J connectivity index is 3.05. The molecule has 1 heteroatoms. The van der Waals surface area contributed by atoms with Crippen LogP contribution in [0.15, 0.2) is 36.5 Å². The van der Waals surface area contributed by atoms with Gasteiger partial charge >= 0.3 is 0 Å². The molecule has 78 valence electrons. The van der Waals surface area contributed by atoms with Crippen LogP contribution in [-0.4, -0.2) is 13.1 Å². The molecular formula is C13H21N. The highest BCUT2D eigenvalue weighted by Gasteiger charge is 2.30. The van der Waals surface area contributed by atoms with Crippen molar-refractivity contribution in [2.24, 2.45) is 5.41 Å². The van der Waals surface area contributed by atoms with Crippen molar-refractivity contribution in [3.8, 4) is 0 Å². The van der Waals surface area contributed by atoms with Crippen LogP contribution in [0.25, 0.3) is 0 Å². The molecule has 0 radical (unpaired) electrons. The van der Waals surface area contributed by atoms with Crippen molar-refractivity contribution in [1.29, 1.82) is 0 Å². The molecule has 0 aromatic carbocycles. The van der Waals surface area contributed by atoms with Crippen LogP contribution in [0.4, 0.5) is 0 Å². The highest BCUT2D eigenvalue weighted by Crippen LogP contribution is 2.36. The lowest BCUT2D eigenvalue weighted by atomic mass is 9.74. The predicted molar refractivity (Wildman–Crippen MR) is 63.3 cm³/mol. The van der Waals surface area contributed by atoms with Crippen LogP contribution in [0.5, 0.6) is 0 Å². The molecule has 0 aromatic heterocycles. The third-order valence-electron chi connectivity index (χ3n) is 3.08. The molecule has 14 heavy (non-hydrogen) atoms. The quantitative estimate of drug-likeness (QED) is 0.720. The van der Waals surface area contributed by atoms with Crippen molar-refractivity contribution in [3.05, 3.63) is 36.5 Å². The van der Waals surface area contributed by atoms with Crippen LogP contribution in [0.3, 0.4) is 0 Å². The summed E-state index contributed by atoms with van der Waals surface area (Å²) in [6, 6.07) is 0. The highest BCUT2D eigenvalue weighted by atomic mass is 14.9. The SMILES string of the molecule is C=CC1=C(C=C)C(C)(CCC)CNC1. The molecular weight excluding hydrogens is 170 g/mol. The van der Waals surface area contributed by atoms with E-state index in [-0.39, 0.29) is 5.41 Å². The second kappa shape index (κ2) is 4.61. The smallest absolute Gasteiger partial charge is 0.0208 e. The summed E-state index contributed by atoms with van der Waals surface area (Å²) in [6.07, 6.45) is 6.38. The first kappa shape index (κ1) is 11.3. The van der Waals surface area contributed by atoms with Crippen LogP contribution in [0.2, 0.25) is 0 Å². The largest absolute Gasteiger partial charge is 0.312 e. The Morgan fingerprint density at radius 2 is 2.14 bits per heavy atom. The van der Waals surface area contributed by atoms with Gasteiger partial charge in [-0.1, -0.05) is 45.6 Å². The Labute approximate surface area is 87.6 Å². The monoisotopic (exact) mass is 191 g/mol. The molecule has 0 aliphatic carbocycles.